The number of hydrogen-bond acceptors (Lipinski definition) is 3. The van der Waals surface area contributed by atoms with Crippen LogP contribution in [-0.2, 0) is 16.6 Å². The first kappa shape index (κ1) is 13.3. The van der Waals surface area contributed by atoms with Gasteiger partial charge in [0.15, 0.2) is 0 Å². The van der Waals surface area contributed by atoms with Crippen molar-refractivity contribution in [1.82, 2.24) is 14.9 Å². The molecule has 0 saturated carbocycles. The second-order valence-corrected chi connectivity index (χ2v) is 6.46. The predicted molar refractivity (Wildman–Crippen MR) is 71.5 cm³/mol. The van der Waals surface area contributed by atoms with Gasteiger partial charge in [-0.1, -0.05) is 15.9 Å². The van der Waals surface area contributed by atoms with Crippen LogP contribution in [0.5, 0.6) is 0 Å². The first-order chi connectivity index (χ1) is 8.49. The average Bonchev–Trinajstić information content (AvgIpc) is 2.83. The first-order valence-electron chi connectivity index (χ1n) is 5.22. The van der Waals surface area contributed by atoms with E-state index in [1.807, 2.05) is 6.92 Å². The van der Waals surface area contributed by atoms with Crippen molar-refractivity contribution in [3.8, 4) is 0 Å². The quantitative estimate of drug-likeness (QED) is 0.900. The summed E-state index contributed by atoms with van der Waals surface area (Å²) in [6.07, 6.45) is 3.23. The highest BCUT2D eigenvalue weighted by Gasteiger charge is 2.14. The second-order valence-electron chi connectivity index (χ2n) is 3.84. The molecule has 0 aliphatic heterocycles. The first-order valence-corrected chi connectivity index (χ1v) is 7.50. The Morgan fingerprint density at radius 3 is 2.83 bits per heavy atom. The van der Waals surface area contributed by atoms with E-state index >= 15 is 0 Å². The zero-order valence-corrected chi connectivity index (χ0v) is 12.0. The molecule has 7 heteroatoms. The number of sulfonamides is 1. The van der Waals surface area contributed by atoms with Crippen molar-refractivity contribution in [2.75, 3.05) is 0 Å². The minimum absolute atomic E-state index is 0.216. The molecule has 1 aromatic heterocycles. The molecule has 0 amide bonds. The Hall–Kier alpha value is -1.18. The Bertz CT molecular complexity index is 638. The largest absolute Gasteiger partial charge is 0.285 e. The standard InChI is InChI=1S/C11H12BrN3O2S/c1-8-4-10(2-3-11(8)12)18(16,17)15-7-9-5-13-14-6-9/h2-6,15H,7H2,1H3,(H,13,14). The van der Waals surface area contributed by atoms with E-state index < -0.39 is 10.0 Å². The van der Waals surface area contributed by atoms with Crippen molar-refractivity contribution in [2.24, 2.45) is 0 Å². The number of hydrogen-bond donors (Lipinski definition) is 2. The fourth-order valence-electron chi connectivity index (χ4n) is 1.42. The van der Waals surface area contributed by atoms with E-state index in [9.17, 15) is 8.42 Å². The third-order valence-electron chi connectivity index (χ3n) is 2.46. The summed E-state index contributed by atoms with van der Waals surface area (Å²) in [6.45, 7) is 2.06. The molecule has 2 aromatic rings. The van der Waals surface area contributed by atoms with Crippen LogP contribution in [0.15, 0.2) is 40.0 Å². The molecule has 1 aromatic carbocycles. The van der Waals surface area contributed by atoms with Crippen LogP contribution in [0.2, 0.25) is 0 Å². The number of H-pyrrole nitrogens is 1. The zero-order valence-electron chi connectivity index (χ0n) is 9.64. The minimum atomic E-state index is -3.49. The third kappa shape index (κ3) is 2.98. The van der Waals surface area contributed by atoms with Crippen molar-refractivity contribution in [3.63, 3.8) is 0 Å². The van der Waals surface area contributed by atoms with Gasteiger partial charge in [0, 0.05) is 22.8 Å². The molecule has 2 N–H and O–H groups in total. The lowest BCUT2D eigenvalue weighted by atomic mass is 10.2. The highest BCUT2D eigenvalue weighted by molar-refractivity contribution is 9.10. The van der Waals surface area contributed by atoms with E-state index in [0.717, 1.165) is 15.6 Å². The summed E-state index contributed by atoms with van der Waals surface area (Å²) in [5, 5.41) is 6.39. The molecule has 0 bridgehead atoms. The van der Waals surface area contributed by atoms with Crippen molar-refractivity contribution in [3.05, 3.63) is 46.2 Å². The molecule has 0 unspecified atom stereocenters. The number of benzene rings is 1. The van der Waals surface area contributed by atoms with E-state index in [1.165, 1.54) is 0 Å². The zero-order chi connectivity index (χ0) is 13.2. The number of nitrogens with one attached hydrogen (secondary N) is 2. The van der Waals surface area contributed by atoms with Gasteiger partial charge in [-0.2, -0.15) is 5.10 Å². The van der Waals surface area contributed by atoms with Crippen LogP contribution in [0.4, 0.5) is 0 Å². The van der Waals surface area contributed by atoms with Gasteiger partial charge in [-0.3, -0.25) is 5.10 Å². The van der Waals surface area contributed by atoms with Crippen LogP contribution in [0.1, 0.15) is 11.1 Å². The second kappa shape index (κ2) is 5.21. The van der Waals surface area contributed by atoms with Gasteiger partial charge < -0.3 is 0 Å². The maximum Gasteiger partial charge on any atom is 0.240 e. The lowest BCUT2D eigenvalue weighted by Crippen LogP contribution is -2.23. The Labute approximate surface area is 114 Å². The number of nitrogens with zero attached hydrogens (tertiary/aromatic N) is 1. The van der Waals surface area contributed by atoms with Crippen LogP contribution in [0, 0.1) is 6.92 Å². The van der Waals surface area contributed by atoms with Crippen molar-refractivity contribution >= 4 is 26.0 Å². The third-order valence-corrected chi connectivity index (χ3v) is 4.75. The van der Waals surface area contributed by atoms with Gasteiger partial charge in [0.25, 0.3) is 0 Å². The maximum absolute atomic E-state index is 12.0. The minimum Gasteiger partial charge on any atom is -0.285 e. The number of aromatic nitrogens is 2. The summed E-state index contributed by atoms with van der Waals surface area (Å²) in [6, 6.07) is 4.91. The SMILES string of the molecule is Cc1cc(S(=O)(=O)NCc2cn[nH]c2)ccc1Br. The molecule has 0 aliphatic rings. The van der Waals surface area contributed by atoms with Gasteiger partial charge in [0.05, 0.1) is 11.1 Å². The topological polar surface area (TPSA) is 74.8 Å². The van der Waals surface area contributed by atoms with Crippen molar-refractivity contribution in [1.29, 1.82) is 0 Å². The highest BCUT2D eigenvalue weighted by atomic mass is 79.9. The van der Waals surface area contributed by atoms with Gasteiger partial charge >= 0.3 is 0 Å². The van der Waals surface area contributed by atoms with E-state index in [4.69, 9.17) is 0 Å². The predicted octanol–water partition coefficient (Wildman–Crippen LogP) is 1.96. The van der Waals surface area contributed by atoms with Crippen LogP contribution >= 0.6 is 15.9 Å². The Balaban J connectivity index is 2.17. The van der Waals surface area contributed by atoms with Gasteiger partial charge in [-0.15, -0.1) is 0 Å². The highest BCUT2D eigenvalue weighted by Crippen LogP contribution is 2.20. The maximum atomic E-state index is 12.0. The fourth-order valence-corrected chi connectivity index (χ4v) is 2.77. The lowest BCUT2D eigenvalue weighted by molar-refractivity contribution is 0.581. The molecule has 18 heavy (non-hydrogen) atoms. The van der Waals surface area contributed by atoms with E-state index in [1.54, 1.807) is 30.6 Å². The molecule has 5 nitrogen and oxygen atoms in total. The molecule has 0 saturated heterocycles. The Morgan fingerprint density at radius 2 is 2.22 bits per heavy atom. The van der Waals surface area contributed by atoms with E-state index in [0.29, 0.717) is 0 Å². The van der Waals surface area contributed by atoms with Gasteiger partial charge in [0.1, 0.15) is 0 Å². The van der Waals surface area contributed by atoms with E-state index in [-0.39, 0.29) is 11.4 Å². The molecule has 0 aliphatic carbocycles. The van der Waals surface area contributed by atoms with Crippen LogP contribution in [0.25, 0.3) is 0 Å². The van der Waals surface area contributed by atoms with Gasteiger partial charge in [-0.05, 0) is 30.7 Å². The molecule has 0 atom stereocenters. The van der Waals surface area contributed by atoms with Crippen molar-refractivity contribution < 1.29 is 8.42 Å². The summed E-state index contributed by atoms with van der Waals surface area (Å²) in [5.74, 6) is 0. The van der Waals surface area contributed by atoms with Gasteiger partial charge in [-0.25, -0.2) is 13.1 Å². The molecular weight excluding hydrogens is 318 g/mol. The number of rotatable bonds is 4. The Morgan fingerprint density at radius 1 is 1.44 bits per heavy atom. The summed E-state index contributed by atoms with van der Waals surface area (Å²) < 4.78 is 27.5. The molecule has 0 fully saturated rings. The van der Waals surface area contributed by atoms with Crippen LogP contribution in [0.3, 0.4) is 0 Å². The normalized spacial score (nSPS) is 11.7. The molecule has 2 rings (SSSR count). The summed E-state index contributed by atoms with van der Waals surface area (Å²) in [4.78, 5) is 0.256. The molecule has 0 radical (unpaired) electrons. The number of halogens is 1. The Kier molecular flexibility index (Phi) is 3.84. The molecular formula is C11H12BrN3O2S. The summed E-state index contributed by atoms with van der Waals surface area (Å²) >= 11 is 3.34. The number of aromatic amines is 1. The van der Waals surface area contributed by atoms with Crippen LogP contribution in [-0.4, -0.2) is 18.6 Å². The summed E-state index contributed by atoms with van der Waals surface area (Å²) in [7, 11) is -3.49. The van der Waals surface area contributed by atoms with Gasteiger partial charge in [0.2, 0.25) is 10.0 Å². The fraction of sp³-hybridized carbons (Fsp3) is 0.182. The smallest absolute Gasteiger partial charge is 0.240 e. The van der Waals surface area contributed by atoms with E-state index in [2.05, 4.69) is 30.8 Å². The molecule has 0 spiro atoms. The average molecular weight is 330 g/mol. The molecule has 96 valence electrons. The van der Waals surface area contributed by atoms with Crippen molar-refractivity contribution in [2.45, 2.75) is 18.4 Å². The number of aryl methyl sites for hydroxylation is 1. The monoisotopic (exact) mass is 329 g/mol. The molecule has 1 heterocycles. The lowest BCUT2D eigenvalue weighted by Gasteiger charge is -2.07. The van der Waals surface area contributed by atoms with Crippen LogP contribution < -0.4 is 4.72 Å². The summed E-state index contributed by atoms with van der Waals surface area (Å²) in [5.41, 5.74) is 1.66.